The lowest BCUT2D eigenvalue weighted by molar-refractivity contribution is 0.306. The summed E-state index contributed by atoms with van der Waals surface area (Å²) in [7, 11) is 0. The zero-order chi connectivity index (χ0) is 10.9. The van der Waals surface area contributed by atoms with E-state index in [-0.39, 0.29) is 10.5 Å². The Morgan fingerprint density at radius 2 is 1.87 bits per heavy atom. The Balaban J connectivity index is 2.31. The van der Waals surface area contributed by atoms with Gasteiger partial charge in [0.15, 0.2) is 0 Å². The molecule has 0 atom stereocenters. The lowest BCUT2D eigenvalue weighted by Gasteiger charge is -2.44. The first-order valence-electron chi connectivity index (χ1n) is 5.15. The highest BCUT2D eigenvalue weighted by atomic mass is 79.9. The third-order valence-electron chi connectivity index (χ3n) is 2.91. The fourth-order valence-electron chi connectivity index (χ4n) is 2.02. The van der Waals surface area contributed by atoms with E-state index < -0.39 is 0 Å². The van der Waals surface area contributed by atoms with Gasteiger partial charge in [-0.2, -0.15) is 0 Å². The van der Waals surface area contributed by atoms with Crippen molar-refractivity contribution < 1.29 is 4.39 Å². The fraction of sp³-hybridized carbons (Fsp3) is 0.455. The van der Waals surface area contributed by atoms with Crippen molar-refractivity contribution in [3.05, 3.63) is 33.7 Å². The second-order valence-corrected chi connectivity index (χ2v) is 4.85. The van der Waals surface area contributed by atoms with Crippen molar-refractivity contribution in [3.8, 4) is 0 Å². The summed E-state index contributed by atoms with van der Waals surface area (Å²) in [6.07, 6.45) is 2.98. The van der Waals surface area contributed by atoms with Gasteiger partial charge in [0.2, 0.25) is 0 Å². The molecule has 15 heavy (non-hydrogen) atoms. The first kappa shape index (κ1) is 11.0. The van der Waals surface area contributed by atoms with Crippen molar-refractivity contribution in [2.75, 3.05) is 13.1 Å². The van der Waals surface area contributed by atoms with Gasteiger partial charge in [0.05, 0.1) is 17.6 Å². The second kappa shape index (κ2) is 4.20. The van der Waals surface area contributed by atoms with Gasteiger partial charge in [-0.1, -0.05) is 0 Å². The van der Waals surface area contributed by atoms with E-state index in [2.05, 4.69) is 15.9 Å². The summed E-state index contributed by atoms with van der Waals surface area (Å²) in [5.41, 5.74) is 0.537. The predicted molar refractivity (Wildman–Crippen MR) is 62.8 cm³/mol. The molecule has 0 amide bonds. The van der Waals surface area contributed by atoms with Gasteiger partial charge in [-0.25, -0.2) is 4.39 Å². The summed E-state index contributed by atoms with van der Waals surface area (Å²) in [6, 6.07) is 4.67. The molecule has 82 valence electrons. The van der Waals surface area contributed by atoms with E-state index in [1.54, 1.807) is 12.1 Å². The molecule has 2 rings (SSSR count). The van der Waals surface area contributed by atoms with E-state index in [1.807, 2.05) is 0 Å². The van der Waals surface area contributed by atoms with Gasteiger partial charge in [-0.15, -0.1) is 0 Å². The molecule has 2 nitrogen and oxygen atoms in total. The molecule has 4 heteroatoms. The zero-order valence-corrected chi connectivity index (χ0v) is 9.96. The SMILES string of the molecule is [O-][N+]1(c2ccc(Br)c(F)c2)CCCCC1. The topological polar surface area (TPSA) is 23.1 Å². The minimum Gasteiger partial charge on any atom is -0.627 e. The highest BCUT2D eigenvalue weighted by Gasteiger charge is 2.24. The molecule has 0 aliphatic carbocycles. The van der Waals surface area contributed by atoms with Gasteiger partial charge in [0.25, 0.3) is 0 Å². The van der Waals surface area contributed by atoms with Gasteiger partial charge in [0, 0.05) is 12.1 Å². The first-order valence-corrected chi connectivity index (χ1v) is 5.95. The summed E-state index contributed by atoms with van der Waals surface area (Å²) in [5, 5.41) is 12.3. The van der Waals surface area contributed by atoms with Crippen LogP contribution in [0.25, 0.3) is 0 Å². The molecular formula is C11H13BrFNO. The number of hydroxylamine groups is 2. The molecule has 1 aromatic carbocycles. The van der Waals surface area contributed by atoms with Gasteiger partial charge in [-0.3, -0.25) is 0 Å². The van der Waals surface area contributed by atoms with Crippen LogP contribution in [0.3, 0.4) is 0 Å². The maximum atomic E-state index is 13.3. The zero-order valence-electron chi connectivity index (χ0n) is 8.38. The average Bonchev–Trinajstić information content (AvgIpc) is 2.23. The molecule has 1 aliphatic rings. The molecule has 0 spiro atoms. The smallest absolute Gasteiger partial charge is 0.143 e. The minimum absolute atomic E-state index is 0.355. The van der Waals surface area contributed by atoms with Crippen LogP contribution in [0.2, 0.25) is 0 Å². The van der Waals surface area contributed by atoms with Crippen LogP contribution in [-0.4, -0.2) is 13.1 Å². The lowest BCUT2D eigenvalue weighted by atomic mass is 10.1. The normalized spacial score (nSPS) is 20.2. The Bertz CT molecular complexity index is 364. The van der Waals surface area contributed by atoms with E-state index in [0.717, 1.165) is 19.3 Å². The average molecular weight is 274 g/mol. The number of quaternary nitrogens is 1. The van der Waals surface area contributed by atoms with Crippen LogP contribution in [0.15, 0.2) is 22.7 Å². The standard InChI is InChI=1S/C11H13BrFNO/c12-10-5-4-9(8-11(10)13)14(15)6-2-1-3-7-14/h4-5,8H,1-3,6-7H2. The molecule has 0 unspecified atom stereocenters. The van der Waals surface area contributed by atoms with Crippen LogP contribution in [0.4, 0.5) is 10.1 Å². The molecule has 1 saturated heterocycles. The molecule has 0 aromatic heterocycles. The van der Waals surface area contributed by atoms with Gasteiger partial charge >= 0.3 is 0 Å². The summed E-state index contributed by atoms with van der Waals surface area (Å²) in [5.74, 6) is -0.355. The minimum atomic E-state index is -0.371. The molecule has 0 saturated carbocycles. The third kappa shape index (κ3) is 2.22. The number of nitrogens with zero attached hydrogens (tertiary/aromatic N) is 1. The Labute approximate surface area is 97.0 Å². The monoisotopic (exact) mass is 273 g/mol. The van der Waals surface area contributed by atoms with E-state index in [1.165, 1.54) is 6.07 Å². The number of hydrogen-bond acceptors (Lipinski definition) is 1. The van der Waals surface area contributed by atoms with Crippen LogP contribution >= 0.6 is 15.9 Å². The third-order valence-corrected chi connectivity index (χ3v) is 3.56. The van der Waals surface area contributed by atoms with Crippen LogP contribution < -0.4 is 4.65 Å². The molecule has 1 aliphatic heterocycles. The van der Waals surface area contributed by atoms with Crippen LogP contribution in [-0.2, 0) is 0 Å². The van der Waals surface area contributed by atoms with Crippen molar-refractivity contribution in [2.45, 2.75) is 19.3 Å². The molecule has 1 heterocycles. The summed E-state index contributed by atoms with van der Waals surface area (Å²) in [6.45, 7) is 1.14. The number of rotatable bonds is 1. The van der Waals surface area contributed by atoms with Gasteiger partial charge < -0.3 is 9.85 Å². The molecule has 0 N–H and O–H groups in total. The molecule has 0 bridgehead atoms. The molecular weight excluding hydrogens is 261 g/mol. The maximum absolute atomic E-state index is 13.3. The lowest BCUT2D eigenvalue weighted by Crippen LogP contribution is -2.47. The van der Waals surface area contributed by atoms with E-state index in [4.69, 9.17) is 0 Å². The Morgan fingerprint density at radius 3 is 2.47 bits per heavy atom. The largest absolute Gasteiger partial charge is 0.627 e. The first-order chi connectivity index (χ1) is 7.12. The van der Waals surface area contributed by atoms with Crippen molar-refractivity contribution in [2.24, 2.45) is 0 Å². The second-order valence-electron chi connectivity index (χ2n) is 4.00. The summed E-state index contributed by atoms with van der Waals surface area (Å²) >= 11 is 3.09. The van der Waals surface area contributed by atoms with E-state index in [0.29, 0.717) is 23.2 Å². The number of piperidine rings is 1. The number of benzene rings is 1. The van der Waals surface area contributed by atoms with Crippen molar-refractivity contribution in [1.29, 1.82) is 0 Å². The quantitative estimate of drug-likeness (QED) is 0.567. The van der Waals surface area contributed by atoms with Crippen molar-refractivity contribution in [3.63, 3.8) is 0 Å². The highest BCUT2D eigenvalue weighted by molar-refractivity contribution is 9.10. The van der Waals surface area contributed by atoms with Crippen molar-refractivity contribution in [1.82, 2.24) is 4.65 Å². The highest BCUT2D eigenvalue weighted by Crippen LogP contribution is 2.30. The van der Waals surface area contributed by atoms with E-state index >= 15 is 0 Å². The van der Waals surface area contributed by atoms with E-state index in [9.17, 15) is 9.60 Å². The molecule has 0 radical (unpaired) electrons. The Hall–Kier alpha value is -0.450. The maximum Gasteiger partial charge on any atom is 0.143 e. The predicted octanol–water partition coefficient (Wildman–Crippen LogP) is 3.58. The summed E-state index contributed by atoms with van der Waals surface area (Å²) < 4.78 is 13.3. The van der Waals surface area contributed by atoms with Crippen LogP contribution in [0.1, 0.15) is 19.3 Å². The van der Waals surface area contributed by atoms with Crippen LogP contribution in [0.5, 0.6) is 0 Å². The van der Waals surface area contributed by atoms with Gasteiger partial charge in [0.1, 0.15) is 11.5 Å². The molecule has 1 aromatic rings. The van der Waals surface area contributed by atoms with Gasteiger partial charge in [-0.05, 0) is 41.3 Å². The number of halogens is 2. The van der Waals surface area contributed by atoms with Crippen molar-refractivity contribution >= 4 is 21.6 Å². The Kier molecular flexibility index (Phi) is 3.09. The number of hydrogen-bond donors (Lipinski definition) is 0. The molecule has 1 fully saturated rings. The Morgan fingerprint density at radius 1 is 1.20 bits per heavy atom. The van der Waals surface area contributed by atoms with Crippen LogP contribution in [0, 0.1) is 11.0 Å². The fourth-order valence-corrected chi connectivity index (χ4v) is 2.27. The summed E-state index contributed by atoms with van der Waals surface area (Å²) in [4.78, 5) is 0.